The van der Waals surface area contributed by atoms with Crippen LogP contribution in [0.5, 0.6) is 5.75 Å². The van der Waals surface area contributed by atoms with E-state index in [4.69, 9.17) is 4.74 Å². The number of nitrogens with one attached hydrogen (secondary N) is 1. The van der Waals surface area contributed by atoms with Gasteiger partial charge in [-0.05, 0) is 42.3 Å². The molecular weight excluding hydrogens is 416 g/mol. The van der Waals surface area contributed by atoms with Crippen LogP contribution in [0.15, 0.2) is 54.6 Å². The third kappa shape index (κ3) is 5.25. The van der Waals surface area contributed by atoms with Crippen molar-refractivity contribution in [2.75, 3.05) is 43.5 Å². The number of benzene rings is 2. The third-order valence-corrected chi connectivity index (χ3v) is 5.79. The van der Waals surface area contributed by atoms with Crippen molar-refractivity contribution >= 4 is 34.1 Å². The summed E-state index contributed by atoms with van der Waals surface area (Å²) in [6.45, 7) is 6.75. The number of methoxy groups -OCH3 is 1. The molecule has 7 nitrogen and oxygen atoms in total. The number of hydrogen-bond acceptors (Lipinski definition) is 5. The second kappa shape index (κ2) is 9.90. The second-order valence-electron chi connectivity index (χ2n) is 8.70. The van der Waals surface area contributed by atoms with E-state index in [9.17, 15) is 9.59 Å². The van der Waals surface area contributed by atoms with Crippen LogP contribution in [0.3, 0.4) is 0 Å². The van der Waals surface area contributed by atoms with Crippen molar-refractivity contribution in [3.05, 3.63) is 60.3 Å². The van der Waals surface area contributed by atoms with Gasteiger partial charge in [0.25, 0.3) is 5.91 Å². The summed E-state index contributed by atoms with van der Waals surface area (Å²) >= 11 is 0. The number of fused-ring (bicyclic) bond motifs is 1. The zero-order valence-electron chi connectivity index (χ0n) is 19.4. The molecule has 0 atom stereocenters. The Bertz CT molecular complexity index is 1140. The first kappa shape index (κ1) is 22.6. The van der Waals surface area contributed by atoms with Crippen molar-refractivity contribution in [3.63, 3.8) is 0 Å². The minimum Gasteiger partial charge on any atom is -0.496 e. The molecule has 2 aromatic carbocycles. The average Bonchev–Trinajstić information content (AvgIpc) is 2.83. The summed E-state index contributed by atoms with van der Waals surface area (Å²) in [5.41, 5.74) is 3.03. The number of piperazine rings is 1. The van der Waals surface area contributed by atoms with E-state index in [1.165, 1.54) is 0 Å². The Morgan fingerprint density at radius 3 is 2.39 bits per heavy atom. The van der Waals surface area contributed by atoms with Crippen LogP contribution in [-0.4, -0.2) is 55.0 Å². The van der Waals surface area contributed by atoms with E-state index in [-0.39, 0.29) is 11.8 Å². The minimum atomic E-state index is -0.0816. The molecule has 0 radical (unpaired) electrons. The van der Waals surface area contributed by atoms with Gasteiger partial charge in [-0.3, -0.25) is 9.59 Å². The Kier molecular flexibility index (Phi) is 6.77. The van der Waals surface area contributed by atoms with Gasteiger partial charge in [0.1, 0.15) is 11.4 Å². The number of pyridine rings is 1. The number of carbonyl (C=O) groups is 2. The van der Waals surface area contributed by atoms with E-state index in [1.54, 1.807) is 13.2 Å². The highest BCUT2D eigenvalue weighted by molar-refractivity contribution is 5.97. The van der Waals surface area contributed by atoms with Crippen molar-refractivity contribution in [2.45, 2.75) is 20.3 Å². The Morgan fingerprint density at radius 1 is 1.03 bits per heavy atom. The summed E-state index contributed by atoms with van der Waals surface area (Å²) in [7, 11) is 1.61. The Hall–Kier alpha value is -3.61. The summed E-state index contributed by atoms with van der Waals surface area (Å²) in [5, 5.41) is 3.83. The third-order valence-electron chi connectivity index (χ3n) is 5.79. The lowest BCUT2D eigenvalue weighted by Gasteiger charge is -2.36. The minimum absolute atomic E-state index is 0.0313. The number of hydrogen-bond donors (Lipinski definition) is 1. The maximum absolute atomic E-state index is 13.1. The maximum Gasteiger partial charge on any atom is 0.272 e. The van der Waals surface area contributed by atoms with Crippen molar-refractivity contribution in [1.29, 1.82) is 0 Å². The van der Waals surface area contributed by atoms with Gasteiger partial charge in [0, 0.05) is 55.4 Å². The number of anilines is 2. The molecule has 1 fully saturated rings. The molecule has 1 aliphatic rings. The van der Waals surface area contributed by atoms with Gasteiger partial charge in [0.2, 0.25) is 5.91 Å². The van der Waals surface area contributed by atoms with E-state index in [1.807, 2.05) is 67.3 Å². The Labute approximate surface area is 194 Å². The maximum atomic E-state index is 13.1. The van der Waals surface area contributed by atoms with Crippen LogP contribution in [0.4, 0.5) is 11.4 Å². The highest BCUT2D eigenvalue weighted by atomic mass is 16.5. The molecule has 1 saturated heterocycles. The fourth-order valence-electron chi connectivity index (χ4n) is 4.09. The molecule has 7 heteroatoms. The first-order chi connectivity index (χ1) is 15.9. The second-order valence-corrected chi connectivity index (χ2v) is 8.70. The van der Waals surface area contributed by atoms with E-state index >= 15 is 0 Å². The number of ether oxygens (including phenoxy) is 1. The van der Waals surface area contributed by atoms with Crippen molar-refractivity contribution in [2.24, 2.45) is 5.92 Å². The van der Waals surface area contributed by atoms with Crippen molar-refractivity contribution in [1.82, 2.24) is 9.88 Å². The van der Waals surface area contributed by atoms with Crippen molar-refractivity contribution in [3.8, 4) is 5.75 Å². The fraction of sp³-hybridized carbons (Fsp3) is 0.346. The van der Waals surface area contributed by atoms with Gasteiger partial charge in [-0.25, -0.2) is 4.98 Å². The Balaban J connectivity index is 1.38. The predicted molar refractivity (Wildman–Crippen MR) is 131 cm³/mol. The van der Waals surface area contributed by atoms with Gasteiger partial charge >= 0.3 is 0 Å². The lowest BCUT2D eigenvalue weighted by Crippen LogP contribution is -2.49. The lowest BCUT2D eigenvalue weighted by molar-refractivity contribution is -0.116. The first-order valence-electron chi connectivity index (χ1n) is 11.3. The molecule has 0 bridgehead atoms. The van der Waals surface area contributed by atoms with E-state index in [0.717, 1.165) is 35.4 Å². The van der Waals surface area contributed by atoms with Gasteiger partial charge in [-0.1, -0.05) is 26.0 Å². The van der Waals surface area contributed by atoms with Crippen LogP contribution in [0.25, 0.3) is 10.9 Å². The molecule has 172 valence electrons. The van der Waals surface area contributed by atoms with Gasteiger partial charge in [-0.15, -0.1) is 0 Å². The van der Waals surface area contributed by atoms with E-state index in [2.05, 4.69) is 15.2 Å². The zero-order valence-corrected chi connectivity index (χ0v) is 19.4. The van der Waals surface area contributed by atoms with Gasteiger partial charge in [0.15, 0.2) is 0 Å². The van der Waals surface area contributed by atoms with Crippen molar-refractivity contribution < 1.29 is 14.3 Å². The molecule has 2 amide bonds. The summed E-state index contributed by atoms with van der Waals surface area (Å²) in [6.07, 6.45) is 0.510. The smallest absolute Gasteiger partial charge is 0.272 e. The number of aromatic nitrogens is 1. The van der Waals surface area contributed by atoms with Gasteiger partial charge in [-0.2, -0.15) is 0 Å². The first-order valence-corrected chi connectivity index (χ1v) is 11.3. The summed E-state index contributed by atoms with van der Waals surface area (Å²) in [6, 6.07) is 17.3. The monoisotopic (exact) mass is 446 g/mol. The lowest BCUT2D eigenvalue weighted by atomic mass is 10.1. The predicted octanol–water partition coefficient (Wildman–Crippen LogP) is 4.19. The molecular formula is C26H30N4O3. The molecule has 4 rings (SSSR count). The summed E-state index contributed by atoms with van der Waals surface area (Å²) in [5.74, 6) is 0.933. The van der Waals surface area contributed by atoms with Gasteiger partial charge < -0.3 is 19.9 Å². The highest BCUT2D eigenvalue weighted by Gasteiger charge is 2.24. The molecule has 0 spiro atoms. The molecule has 1 aromatic heterocycles. The molecule has 33 heavy (non-hydrogen) atoms. The number of nitrogens with zero attached hydrogens (tertiary/aromatic N) is 3. The van der Waals surface area contributed by atoms with Crippen LogP contribution in [0.1, 0.15) is 30.8 Å². The van der Waals surface area contributed by atoms with Crippen LogP contribution in [0.2, 0.25) is 0 Å². The fourth-order valence-corrected chi connectivity index (χ4v) is 4.09. The van der Waals surface area contributed by atoms with E-state index in [0.29, 0.717) is 36.9 Å². The standard InChI is InChI=1S/C26H30N4O3/c1-18(2)16-25(31)27-19-8-10-20(11-9-19)29-12-14-30(15-13-29)26(32)23-17-24(33-3)21-6-4-5-7-22(21)28-23/h4-11,17-18H,12-16H2,1-3H3,(H,27,31). The number of rotatable bonds is 6. The van der Waals surface area contributed by atoms with Gasteiger partial charge in [0.05, 0.1) is 12.6 Å². The number of amides is 2. The van der Waals surface area contributed by atoms with Crippen LogP contribution < -0.4 is 15.0 Å². The molecule has 0 aliphatic carbocycles. The largest absolute Gasteiger partial charge is 0.496 e. The Morgan fingerprint density at radius 2 is 1.73 bits per heavy atom. The number of para-hydroxylation sites is 1. The molecule has 2 heterocycles. The molecule has 0 unspecified atom stereocenters. The summed E-state index contributed by atoms with van der Waals surface area (Å²) < 4.78 is 5.49. The quantitative estimate of drug-likeness (QED) is 0.615. The van der Waals surface area contributed by atoms with Crippen LogP contribution in [-0.2, 0) is 4.79 Å². The molecule has 0 saturated carbocycles. The zero-order chi connectivity index (χ0) is 23.4. The van der Waals surface area contributed by atoms with E-state index < -0.39 is 0 Å². The highest BCUT2D eigenvalue weighted by Crippen LogP contribution is 2.26. The normalized spacial score (nSPS) is 13.9. The average molecular weight is 447 g/mol. The topological polar surface area (TPSA) is 74.8 Å². The summed E-state index contributed by atoms with van der Waals surface area (Å²) in [4.78, 5) is 33.8. The van der Waals surface area contributed by atoms with Crippen LogP contribution in [0, 0.1) is 5.92 Å². The number of carbonyl (C=O) groups excluding carboxylic acids is 2. The molecule has 1 N–H and O–H groups in total. The molecule has 3 aromatic rings. The molecule has 1 aliphatic heterocycles. The van der Waals surface area contributed by atoms with Crippen LogP contribution >= 0.6 is 0 Å². The SMILES string of the molecule is COc1cc(C(=O)N2CCN(c3ccc(NC(=O)CC(C)C)cc3)CC2)nc2ccccc12.